The number of esters is 1. The van der Waals surface area contributed by atoms with Crippen LogP contribution in [-0.2, 0) is 25.5 Å². The van der Waals surface area contributed by atoms with Gasteiger partial charge in [-0.15, -0.1) is 0 Å². The van der Waals surface area contributed by atoms with Gasteiger partial charge in [-0.05, 0) is 23.6 Å². The van der Waals surface area contributed by atoms with Gasteiger partial charge in [-0.1, -0.05) is 26.0 Å². The molecule has 7 heteroatoms. The predicted octanol–water partition coefficient (Wildman–Crippen LogP) is 1.19. The minimum Gasteiger partial charge on any atom is -0.467 e. The quantitative estimate of drug-likeness (QED) is 0.732. The average Bonchev–Trinajstić information content (AvgIpc) is 2.52. The molecule has 0 bridgehead atoms. The number of methoxy groups -OCH3 is 1. The van der Waals surface area contributed by atoms with Crippen LogP contribution in [0.15, 0.2) is 24.3 Å². The first kappa shape index (κ1) is 19.6. The summed E-state index contributed by atoms with van der Waals surface area (Å²) < 4.78 is 17.7. The monoisotopic (exact) mass is 338 g/mol. The van der Waals surface area contributed by atoms with E-state index in [-0.39, 0.29) is 24.1 Å². The lowest BCUT2D eigenvalue weighted by atomic mass is 10.0. The molecule has 0 spiro atoms. The van der Waals surface area contributed by atoms with Crippen molar-refractivity contribution < 1.29 is 23.5 Å². The van der Waals surface area contributed by atoms with Gasteiger partial charge < -0.3 is 15.4 Å². The summed E-state index contributed by atoms with van der Waals surface area (Å²) in [5.41, 5.74) is 0.674. The number of ether oxygens (including phenoxy) is 1. The Balaban J connectivity index is 2.88. The third-order valence-electron chi connectivity index (χ3n) is 3.46. The minimum atomic E-state index is -0.928. The molecule has 132 valence electrons. The Labute approximate surface area is 140 Å². The Morgan fingerprint density at radius 2 is 1.71 bits per heavy atom. The highest BCUT2D eigenvalue weighted by molar-refractivity contribution is 5.90. The summed E-state index contributed by atoms with van der Waals surface area (Å²) in [6.45, 7) is 4.89. The van der Waals surface area contributed by atoms with Crippen molar-refractivity contribution >= 4 is 17.8 Å². The third-order valence-corrected chi connectivity index (χ3v) is 3.46. The van der Waals surface area contributed by atoms with E-state index in [0.29, 0.717) is 5.56 Å². The van der Waals surface area contributed by atoms with Crippen LogP contribution >= 0.6 is 0 Å². The van der Waals surface area contributed by atoms with Crippen molar-refractivity contribution in [3.05, 3.63) is 35.6 Å². The lowest BCUT2D eigenvalue weighted by Crippen LogP contribution is -2.54. The van der Waals surface area contributed by atoms with Crippen LogP contribution in [0.5, 0.6) is 0 Å². The predicted molar refractivity (Wildman–Crippen MR) is 86.5 cm³/mol. The number of halogens is 1. The molecule has 2 N–H and O–H groups in total. The van der Waals surface area contributed by atoms with Crippen molar-refractivity contribution in [2.24, 2.45) is 5.92 Å². The maximum absolute atomic E-state index is 13.0. The highest BCUT2D eigenvalue weighted by atomic mass is 19.1. The Morgan fingerprint density at radius 3 is 2.17 bits per heavy atom. The van der Waals surface area contributed by atoms with E-state index in [1.165, 1.54) is 38.3 Å². The van der Waals surface area contributed by atoms with Gasteiger partial charge in [0.2, 0.25) is 11.8 Å². The van der Waals surface area contributed by atoms with Gasteiger partial charge >= 0.3 is 5.97 Å². The molecular weight excluding hydrogens is 315 g/mol. The van der Waals surface area contributed by atoms with Crippen molar-refractivity contribution in [2.45, 2.75) is 39.3 Å². The van der Waals surface area contributed by atoms with E-state index >= 15 is 0 Å². The van der Waals surface area contributed by atoms with E-state index in [9.17, 15) is 18.8 Å². The van der Waals surface area contributed by atoms with Gasteiger partial charge in [-0.2, -0.15) is 0 Å². The summed E-state index contributed by atoms with van der Waals surface area (Å²) in [5, 5.41) is 5.16. The summed E-state index contributed by atoms with van der Waals surface area (Å²) in [6, 6.07) is 3.93. The summed E-state index contributed by atoms with van der Waals surface area (Å²) in [5.74, 6) is -1.96. The van der Waals surface area contributed by atoms with E-state index in [1.54, 1.807) is 13.8 Å². The van der Waals surface area contributed by atoms with Crippen molar-refractivity contribution in [2.75, 3.05) is 7.11 Å². The zero-order valence-corrected chi connectivity index (χ0v) is 14.3. The molecule has 0 fully saturated rings. The molecule has 1 aromatic rings. The van der Waals surface area contributed by atoms with Gasteiger partial charge in [-0.3, -0.25) is 9.59 Å². The third kappa shape index (κ3) is 5.98. The Bertz CT molecular complexity index is 587. The van der Waals surface area contributed by atoms with Gasteiger partial charge in [0.25, 0.3) is 0 Å². The summed E-state index contributed by atoms with van der Waals surface area (Å²) >= 11 is 0. The molecule has 0 aliphatic rings. The molecular formula is C17H23FN2O4. The molecule has 0 radical (unpaired) electrons. The van der Waals surface area contributed by atoms with E-state index in [4.69, 9.17) is 4.74 Å². The standard InChI is InChI=1S/C17H23FN2O4/c1-10(2)15(19-11(3)21)16(22)20-14(17(23)24-4)9-12-5-7-13(18)8-6-12/h5-8,10,14-15H,9H2,1-4H3,(H,19,21)(H,20,22)/t14-,15-/m1/s1. The number of carbonyl (C=O) groups is 3. The maximum atomic E-state index is 13.0. The molecule has 0 saturated heterocycles. The molecule has 1 aromatic carbocycles. The maximum Gasteiger partial charge on any atom is 0.328 e. The molecule has 2 amide bonds. The largest absolute Gasteiger partial charge is 0.467 e. The first-order valence-electron chi connectivity index (χ1n) is 7.64. The molecule has 24 heavy (non-hydrogen) atoms. The van der Waals surface area contributed by atoms with Gasteiger partial charge in [0, 0.05) is 13.3 Å². The lowest BCUT2D eigenvalue weighted by Gasteiger charge is -2.24. The molecule has 0 aliphatic carbocycles. The fourth-order valence-corrected chi connectivity index (χ4v) is 2.21. The number of carbonyl (C=O) groups excluding carboxylic acids is 3. The van der Waals surface area contributed by atoms with Crippen molar-refractivity contribution in [1.82, 2.24) is 10.6 Å². The van der Waals surface area contributed by atoms with Crippen molar-refractivity contribution in [1.29, 1.82) is 0 Å². The van der Waals surface area contributed by atoms with Crippen LogP contribution in [0.4, 0.5) is 4.39 Å². The smallest absolute Gasteiger partial charge is 0.328 e. The van der Waals surface area contributed by atoms with Gasteiger partial charge in [0.05, 0.1) is 7.11 Å². The summed E-state index contributed by atoms with van der Waals surface area (Å²) in [6.07, 6.45) is 0.156. The molecule has 0 aliphatic heterocycles. The van der Waals surface area contributed by atoms with Crippen LogP contribution in [0.2, 0.25) is 0 Å². The molecule has 6 nitrogen and oxygen atoms in total. The molecule has 0 saturated carbocycles. The van der Waals surface area contributed by atoms with Crippen molar-refractivity contribution in [3.8, 4) is 0 Å². The fraction of sp³-hybridized carbons (Fsp3) is 0.471. The SMILES string of the molecule is COC(=O)[C@@H](Cc1ccc(F)cc1)NC(=O)[C@H](NC(C)=O)C(C)C. The number of hydrogen-bond acceptors (Lipinski definition) is 4. The molecule has 1 rings (SSSR count). The highest BCUT2D eigenvalue weighted by Gasteiger charge is 2.28. The van der Waals surface area contributed by atoms with Crippen LogP contribution in [0.3, 0.4) is 0 Å². The van der Waals surface area contributed by atoms with Crippen LogP contribution in [0.1, 0.15) is 26.3 Å². The topological polar surface area (TPSA) is 84.5 Å². The minimum absolute atomic E-state index is 0.155. The van der Waals surface area contributed by atoms with E-state index in [1.807, 2.05) is 0 Å². The van der Waals surface area contributed by atoms with Gasteiger partial charge in [-0.25, -0.2) is 9.18 Å². The van der Waals surface area contributed by atoms with E-state index in [0.717, 1.165) is 0 Å². The van der Waals surface area contributed by atoms with Crippen LogP contribution < -0.4 is 10.6 Å². The molecule has 0 heterocycles. The number of amides is 2. The normalized spacial score (nSPS) is 13.1. The Hall–Kier alpha value is -2.44. The first-order valence-corrected chi connectivity index (χ1v) is 7.64. The van der Waals surface area contributed by atoms with Crippen LogP contribution in [0.25, 0.3) is 0 Å². The number of hydrogen-bond donors (Lipinski definition) is 2. The highest BCUT2D eigenvalue weighted by Crippen LogP contribution is 2.09. The summed E-state index contributed by atoms with van der Waals surface area (Å²) in [4.78, 5) is 35.6. The fourth-order valence-electron chi connectivity index (χ4n) is 2.21. The first-order chi connectivity index (χ1) is 11.2. The average molecular weight is 338 g/mol. The van der Waals surface area contributed by atoms with Gasteiger partial charge in [0.15, 0.2) is 0 Å². The number of nitrogens with one attached hydrogen (secondary N) is 2. The van der Waals surface area contributed by atoms with E-state index in [2.05, 4.69) is 10.6 Å². The second-order valence-electron chi connectivity index (χ2n) is 5.84. The van der Waals surface area contributed by atoms with Crippen molar-refractivity contribution in [3.63, 3.8) is 0 Å². The lowest BCUT2D eigenvalue weighted by molar-refractivity contribution is -0.145. The number of rotatable bonds is 7. The molecule has 0 aromatic heterocycles. The summed E-state index contributed by atoms with van der Waals surface area (Å²) in [7, 11) is 1.22. The second kappa shape index (κ2) is 9.00. The Kier molecular flexibility index (Phi) is 7.35. The van der Waals surface area contributed by atoms with Crippen LogP contribution in [0, 0.1) is 11.7 Å². The van der Waals surface area contributed by atoms with E-state index < -0.39 is 24.0 Å². The van der Waals surface area contributed by atoms with Gasteiger partial charge in [0.1, 0.15) is 17.9 Å². The Morgan fingerprint density at radius 1 is 1.12 bits per heavy atom. The number of benzene rings is 1. The zero-order valence-electron chi connectivity index (χ0n) is 14.3. The molecule has 0 unspecified atom stereocenters. The molecule has 2 atom stereocenters. The zero-order chi connectivity index (χ0) is 18.3. The second-order valence-corrected chi connectivity index (χ2v) is 5.84. The van der Waals surface area contributed by atoms with Crippen LogP contribution in [-0.4, -0.2) is 37.0 Å².